The summed E-state index contributed by atoms with van der Waals surface area (Å²) in [5.74, 6) is -1.13. The monoisotopic (exact) mass is 488 g/mol. The second-order valence-electron chi connectivity index (χ2n) is 7.66. The number of methoxy groups -OCH3 is 1. The highest BCUT2D eigenvalue weighted by molar-refractivity contribution is 7.17. The highest BCUT2D eigenvalue weighted by Crippen LogP contribution is 2.46. The predicted molar refractivity (Wildman–Crippen MR) is 134 cm³/mol. The van der Waals surface area contributed by atoms with E-state index < -0.39 is 23.5 Å². The second kappa shape index (κ2) is 8.89. The third-order valence-corrected chi connectivity index (χ3v) is 7.76. The smallest absolute Gasteiger partial charge is 0.294 e. The number of aliphatic hydroxyl groups is 1. The summed E-state index contributed by atoms with van der Waals surface area (Å²) in [5.41, 5.74) is 1.99. The van der Waals surface area contributed by atoms with Crippen LogP contribution >= 0.6 is 22.7 Å². The van der Waals surface area contributed by atoms with Gasteiger partial charge >= 0.3 is 0 Å². The fraction of sp³-hybridized carbons (Fsp3) is 0.115. The molecule has 3 heterocycles. The van der Waals surface area contributed by atoms with Crippen LogP contribution in [0.15, 0.2) is 83.4 Å². The number of amides is 1. The standard InChI is InChI=1S/C26H20N2O4S2/c1-15-24(34-25(27-15)16-9-4-3-5-10-16)22(29)20-21(19-13-8-14-33-19)28(26(31)23(20)30)17-11-6-7-12-18(17)32-2/h3-14,21,30H,1-2H3. The molecular formula is C26H20N2O4S2. The van der Waals surface area contributed by atoms with E-state index in [1.807, 2.05) is 47.8 Å². The molecule has 0 spiro atoms. The van der Waals surface area contributed by atoms with Gasteiger partial charge in [0.05, 0.1) is 28.9 Å². The Morgan fingerprint density at radius 3 is 2.50 bits per heavy atom. The fourth-order valence-corrected chi connectivity index (χ4v) is 5.91. The number of benzene rings is 2. The molecule has 1 N–H and O–H groups in total. The van der Waals surface area contributed by atoms with Crippen molar-refractivity contribution in [2.75, 3.05) is 12.0 Å². The van der Waals surface area contributed by atoms with Crippen molar-refractivity contribution in [1.82, 2.24) is 4.98 Å². The predicted octanol–water partition coefficient (Wildman–Crippen LogP) is 5.97. The number of carbonyl (C=O) groups is 2. The van der Waals surface area contributed by atoms with Crippen molar-refractivity contribution < 1.29 is 19.4 Å². The molecule has 0 bridgehead atoms. The average Bonchev–Trinajstić information content (AvgIpc) is 3.58. The molecule has 170 valence electrons. The molecule has 4 aromatic rings. The number of rotatable bonds is 6. The SMILES string of the molecule is COc1ccccc1N1C(=O)C(O)=C(C(=O)c2sc(-c3ccccc3)nc2C)C1c1cccs1. The Kier molecular flexibility index (Phi) is 5.77. The van der Waals surface area contributed by atoms with Crippen LogP contribution in [0, 0.1) is 6.92 Å². The van der Waals surface area contributed by atoms with E-state index in [1.54, 1.807) is 31.2 Å². The van der Waals surface area contributed by atoms with Gasteiger partial charge in [-0.15, -0.1) is 22.7 Å². The highest BCUT2D eigenvalue weighted by Gasteiger charge is 2.46. The summed E-state index contributed by atoms with van der Waals surface area (Å²) >= 11 is 2.67. The largest absolute Gasteiger partial charge is 0.503 e. The summed E-state index contributed by atoms with van der Waals surface area (Å²) in [6, 6.07) is 19.6. The molecule has 0 fully saturated rings. The lowest BCUT2D eigenvalue weighted by molar-refractivity contribution is -0.117. The van der Waals surface area contributed by atoms with E-state index in [9.17, 15) is 14.7 Å². The zero-order valence-electron chi connectivity index (χ0n) is 18.4. The Labute approximate surface area is 204 Å². The van der Waals surface area contributed by atoms with Gasteiger partial charge in [-0.3, -0.25) is 14.5 Å². The van der Waals surface area contributed by atoms with E-state index >= 15 is 0 Å². The van der Waals surface area contributed by atoms with Gasteiger partial charge in [0.15, 0.2) is 5.76 Å². The van der Waals surface area contributed by atoms with E-state index in [4.69, 9.17) is 4.74 Å². The molecule has 1 unspecified atom stereocenters. The number of ether oxygens (including phenoxy) is 1. The number of aliphatic hydroxyl groups excluding tert-OH is 1. The van der Waals surface area contributed by atoms with Crippen LogP contribution in [0.25, 0.3) is 10.6 Å². The average molecular weight is 489 g/mol. The number of nitrogens with zero attached hydrogens (tertiary/aromatic N) is 2. The van der Waals surface area contributed by atoms with Crippen LogP contribution in [-0.2, 0) is 4.79 Å². The van der Waals surface area contributed by atoms with Crippen molar-refractivity contribution in [2.24, 2.45) is 0 Å². The zero-order valence-corrected chi connectivity index (χ0v) is 20.0. The minimum Gasteiger partial charge on any atom is -0.503 e. The Bertz CT molecular complexity index is 1410. The lowest BCUT2D eigenvalue weighted by Crippen LogP contribution is -2.30. The van der Waals surface area contributed by atoms with E-state index in [0.29, 0.717) is 27.0 Å². The van der Waals surface area contributed by atoms with Crippen LogP contribution in [0.1, 0.15) is 26.3 Å². The fourth-order valence-electron chi connectivity index (χ4n) is 4.06. The van der Waals surface area contributed by atoms with Crippen LogP contribution in [-0.4, -0.2) is 28.9 Å². The molecule has 1 aliphatic heterocycles. The number of thiophene rings is 1. The lowest BCUT2D eigenvalue weighted by atomic mass is 10.00. The number of ketones is 1. The van der Waals surface area contributed by atoms with Gasteiger partial charge in [-0.05, 0) is 30.5 Å². The van der Waals surface area contributed by atoms with Gasteiger partial charge in [-0.25, -0.2) is 4.98 Å². The maximum absolute atomic E-state index is 13.9. The molecule has 0 radical (unpaired) electrons. The van der Waals surface area contributed by atoms with Gasteiger partial charge in [0.1, 0.15) is 16.8 Å². The molecule has 8 heteroatoms. The Hall–Kier alpha value is -3.75. The first-order valence-electron chi connectivity index (χ1n) is 10.5. The van der Waals surface area contributed by atoms with Gasteiger partial charge < -0.3 is 9.84 Å². The number of carbonyl (C=O) groups excluding carboxylic acids is 2. The third kappa shape index (κ3) is 3.61. The molecule has 6 nitrogen and oxygen atoms in total. The number of aryl methyl sites for hydroxylation is 1. The molecule has 5 rings (SSSR count). The molecule has 2 aromatic heterocycles. The van der Waals surface area contributed by atoms with E-state index in [0.717, 1.165) is 10.4 Å². The van der Waals surface area contributed by atoms with Gasteiger partial charge in [0.2, 0.25) is 5.78 Å². The van der Waals surface area contributed by atoms with Gasteiger partial charge in [-0.2, -0.15) is 0 Å². The second-order valence-corrected chi connectivity index (χ2v) is 9.63. The number of aromatic nitrogens is 1. The lowest BCUT2D eigenvalue weighted by Gasteiger charge is -2.27. The minimum atomic E-state index is -0.780. The number of anilines is 1. The minimum absolute atomic E-state index is 0.0460. The molecule has 1 aliphatic rings. The van der Waals surface area contributed by atoms with Crippen LogP contribution in [0.4, 0.5) is 5.69 Å². The maximum atomic E-state index is 13.9. The summed E-state index contributed by atoms with van der Waals surface area (Å²) in [6.07, 6.45) is 0. The van der Waals surface area contributed by atoms with E-state index in [1.165, 1.54) is 34.7 Å². The number of para-hydroxylation sites is 2. The number of hydrogen-bond acceptors (Lipinski definition) is 7. The summed E-state index contributed by atoms with van der Waals surface area (Å²) in [4.78, 5) is 34.4. The van der Waals surface area contributed by atoms with Crippen molar-refractivity contribution in [1.29, 1.82) is 0 Å². The summed E-state index contributed by atoms with van der Waals surface area (Å²) in [7, 11) is 1.52. The first-order chi connectivity index (χ1) is 16.5. The van der Waals surface area contributed by atoms with Crippen LogP contribution in [0.5, 0.6) is 5.75 Å². The normalized spacial score (nSPS) is 15.8. The van der Waals surface area contributed by atoms with Crippen molar-refractivity contribution in [3.63, 3.8) is 0 Å². The van der Waals surface area contributed by atoms with Crippen LogP contribution in [0.2, 0.25) is 0 Å². The van der Waals surface area contributed by atoms with Crippen LogP contribution < -0.4 is 9.64 Å². The molecule has 0 saturated heterocycles. The summed E-state index contributed by atoms with van der Waals surface area (Å²) in [6.45, 7) is 1.77. The van der Waals surface area contributed by atoms with Crippen molar-refractivity contribution in [3.05, 3.63) is 98.9 Å². The Balaban J connectivity index is 1.63. The molecule has 1 amide bonds. The van der Waals surface area contributed by atoms with Gasteiger partial charge in [-0.1, -0.05) is 48.5 Å². The molecule has 34 heavy (non-hydrogen) atoms. The van der Waals surface area contributed by atoms with Crippen molar-refractivity contribution in [2.45, 2.75) is 13.0 Å². The quantitative estimate of drug-likeness (QED) is 0.338. The first kappa shape index (κ1) is 22.1. The first-order valence-corrected chi connectivity index (χ1v) is 12.2. The topological polar surface area (TPSA) is 79.7 Å². The Morgan fingerprint density at radius 1 is 1.06 bits per heavy atom. The molecule has 2 aromatic carbocycles. The number of thiazole rings is 1. The number of hydrogen-bond donors (Lipinski definition) is 1. The highest BCUT2D eigenvalue weighted by atomic mass is 32.1. The van der Waals surface area contributed by atoms with E-state index in [2.05, 4.69) is 4.98 Å². The van der Waals surface area contributed by atoms with Crippen molar-refractivity contribution >= 4 is 40.1 Å². The summed E-state index contributed by atoms with van der Waals surface area (Å²) in [5, 5.41) is 13.6. The van der Waals surface area contributed by atoms with E-state index in [-0.39, 0.29) is 5.57 Å². The van der Waals surface area contributed by atoms with Crippen molar-refractivity contribution in [3.8, 4) is 16.3 Å². The maximum Gasteiger partial charge on any atom is 0.294 e. The van der Waals surface area contributed by atoms with Gasteiger partial charge in [0.25, 0.3) is 5.91 Å². The number of Topliss-reactive ketones (excluding diaryl/α,β-unsaturated/α-hetero) is 1. The zero-order chi connectivity index (χ0) is 23.8. The molecule has 0 saturated carbocycles. The van der Waals surface area contributed by atoms with Crippen LogP contribution in [0.3, 0.4) is 0 Å². The molecule has 1 atom stereocenters. The molecule has 0 aliphatic carbocycles. The third-order valence-electron chi connectivity index (χ3n) is 5.63. The Morgan fingerprint density at radius 2 is 1.79 bits per heavy atom. The molecular weight excluding hydrogens is 468 g/mol. The summed E-state index contributed by atoms with van der Waals surface area (Å²) < 4.78 is 5.48. The van der Waals surface area contributed by atoms with Gasteiger partial charge in [0, 0.05) is 10.4 Å².